The van der Waals surface area contributed by atoms with Gasteiger partial charge in [0.05, 0.1) is 36.6 Å². The average Bonchev–Trinajstić information content (AvgIpc) is 2.76. The minimum Gasteiger partial charge on any atom is -0.476 e. The third-order valence-electron chi connectivity index (χ3n) is 2.40. The summed E-state index contributed by atoms with van der Waals surface area (Å²) in [5, 5.41) is 12.0. The lowest BCUT2D eigenvalue weighted by Crippen LogP contribution is -2.19. The molecule has 0 atom stereocenters. The number of imidazole rings is 1. The van der Waals surface area contributed by atoms with Crippen LogP contribution in [-0.2, 0) is 6.54 Å². The second kappa shape index (κ2) is 3.02. The molecular formula is C9H7N5O2. The zero-order chi connectivity index (χ0) is 11.1. The zero-order valence-corrected chi connectivity index (χ0v) is 8.08. The van der Waals surface area contributed by atoms with E-state index in [1.54, 1.807) is 10.7 Å². The Kier molecular flexibility index (Phi) is 1.67. The van der Waals surface area contributed by atoms with Gasteiger partial charge in [0.2, 0.25) is 0 Å². The van der Waals surface area contributed by atoms with Crippen molar-refractivity contribution in [2.75, 3.05) is 0 Å². The lowest BCUT2D eigenvalue weighted by Gasteiger charge is -2.13. The predicted molar refractivity (Wildman–Crippen MR) is 54.9 cm³/mol. The molecule has 3 rings (SSSR count). The summed E-state index contributed by atoms with van der Waals surface area (Å²) < 4.78 is 1.69. The molecule has 7 nitrogen and oxygen atoms in total. The molecule has 1 aliphatic rings. The molecule has 2 aromatic heterocycles. The average molecular weight is 217 g/mol. The lowest BCUT2D eigenvalue weighted by molar-refractivity contribution is 0.0692. The molecule has 0 radical (unpaired) electrons. The highest BCUT2D eigenvalue weighted by Crippen LogP contribution is 2.22. The Morgan fingerprint density at radius 3 is 3.25 bits per heavy atom. The molecule has 80 valence electrons. The number of nitrogens with one attached hydrogen (secondary N) is 1. The Bertz CT molecular complexity index is 616. The van der Waals surface area contributed by atoms with E-state index in [9.17, 15) is 4.79 Å². The molecule has 3 heterocycles. The normalized spacial score (nSPS) is 13.5. The van der Waals surface area contributed by atoms with Crippen molar-refractivity contribution >= 4 is 23.6 Å². The van der Waals surface area contributed by atoms with E-state index < -0.39 is 5.97 Å². The third kappa shape index (κ3) is 1.08. The summed E-state index contributed by atoms with van der Waals surface area (Å²) in [7, 11) is 0. The minimum absolute atomic E-state index is 0.0321. The van der Waals surface area contributed by atoms with Crippen LogP contribution in [0.15, 0.2) is 17.5 Å². The van der Waals surface area contributed by atoms with Gasteiger partial charge in [-0.2, -0.15) is 0 Å². The van der Waals surface area contributed by atoms with Crippen molar-refractivity contribution in [1.29, 1.82) is 0 Å². The van der Waals surface area contributed by atoms with Crippen LogP contribution in [0.2, 0.25) is 0 Å². The van der Waals surface area contributed by atoms with E-state index in [1.165, 1.54) is 12.5 Å². The monoisotopic (exact) mass is 217 g/mol. The van der Waals surface area contributed by atoms with E-state index >= 15 is 0 Å². The lowest BCUT2D eigenvalue weighted by atomic mass is 10.3. The van der Waals surface area contributed by atoms with Crippen LogP contribution < -0.4 is 5.32 Å². The van der Waals surface area contributed by atoms with Crippen molar-refractivity contribution in [3.8, 4) is 0 Å². The van der Waals surface area contributed by atoms with Crippen molar-refractivity contribution < 1.29 is 9.90 Å². The van der Waals surface area contributed by atoms with Crippen LogP contribution in [0.25, 0.3) is 5.52 Å². The highest BCUT2D eigenvalue weighted by molar-refractivity contribution is 5.94. The largest absolute Gasteiger partial charge is 0.476 e. The van der Waals surface area contributed by atoms with Crippen LogP contribution in [0.1, 0.15) is 16.2 Å². The number of fused-ring (bicyclic) bond motifs is 3. The summed E-state index contributed by atoms with van der Waals surface area (Å²) in [5.41, 5.74) is 1.25. The van der Waals surface area contributed by atoms with Gasteiger partial charge >= 0.3 is 5.97 Å². The molecular weight excluding hydrogens is 210 g/mol. The molecule has 0 spiro atoms. The molecule has 0 saturated carbocycles. The van der Waals surface area contributed by atoms with Crippen molar-refractivity contribution in [2.24, 2.45) is 4.99 Å². The van der Waals surface area contributed by atoms with Crippen molar-refractivity contribution in [3.05, 3.63) is 23.9 Å². The molecule has 0 aromatic carbocycles. The maximum absolute atomic E-state index is 11.0. The smallest absolute Gasteiger partial charge is 0.356 e. The number of carbonyl (C=O) groups is 1. The maximum atomic E-state index is 11.0. The Hall–Kier alpha value is -2.44. The van der Waals surface area contributed by atoms with Gasteiger partial charge in [-0.25, -0.2) is 19.8 Å². The molecule has 0 saturated heterocycles. The fourth-order valence-electron chi connectivity index (χ4n) is 1.69. The van der Waals surface area contributed by atoms with Crippen LogP contribution in [0.3, 0.4) is 0 Å². The fraction of sp³-hybridized carbons (Fsp3) is 0.111. The van der Waals surface area contributed by atoms with Gasteiger partial charge in [0, 0.05) is 0 Å². The standard InChI is InChI=1S/C9H7N5O2/c15-9(16)7-5-1-11-4-14(5)6-2-10-3-12-8(6)13-7/h1,3-4H,2H2,(H,10,12)(H,15,16). The first-order valence-electron chi connectivity index (χ1n) is 4.61. The fourth-order valence-corrected chi connectivity index (χ4v) is 1.69. The van der Waals surface area contributed by atoms with Crippen molar-refractivity contribution in [2.45, 2.75) is 6.54 Å². The van der Waals surface area contributed by atoms with Gasteiger partial charge in [0.25, 0.3) is 0 Å². The second-order valence-corrected chi connectivity index (χ2v) is 3.32. The Morgan fingerprint density at radius 1 is 1.56 bits per heavy atom. The molecule has 2 aromatic rings. The number of carboxylic acid groups (broad SMARTS) is 1. The first-order valence-corrected chi connectivity index (χ1v) is 4.61. The number of aromatic carboxylic acids is 1. The molecule has 16 heavy (non-hydrogen) atoms. The summed E-state index contributed by atoms with van der Waals surface area (Å²) in [4.78, 5) is 23.0. The Labute approximate surface area is 89.5 Å². The van der Waals surface area contributed by atoms with E-state index in [0.29, 0.717) is 17.9 Å². The van der Waals surface area contributed by atoms with E-state index in [4.69, 9.17) is 5.11 Å². The molecule has 0 amide bonds. The molecule has 0 bridgehead atoms. The van der Waals surface area contributed by atoms with Crippen molar-refractivity contribution in [1.82, 2.24) is 19.7 Å². The number of nitrogens with zero attached hydrogens (tertiary/aromatic N) is 4. The third-order valence-corrected chi connectivity index (χ3v) is 2.40. The number of aromatic nitrogens is 3. The number of hydrogen-bond donors (Lipinski definition) is 2. The summed E-state index contributed by atoms with van der Waals surface area (Å²) in [6.45, 7) is 0.554. The summed E-state index contributed by atoms with van der Waals surface area (Å²) >= 11 is 0. The van der Waals surface area contributed by atoms with Crippen LogP contribution in [0.4, 0.5) is 5.82 Å². The minimum atomic E-state index is -1.08. The molecule has 0 aliphatic carbocycles. The SMILES string of the molecule is O=C(O)c1nc2c(n3cncc13)CNC=N2. The topological polar surface area (TPSA) is 91.9 Å². The van der Waals surface area contributed by atoms with E-state index in [2.05, 4.69) is 20.3 Å². The second-order valence-electron chi connectivity index (χ2n) is 3.32. The van der Waals surface area contributed by atoms with Crippen LogP contribution in [0.5, 0.6) is 0 Å². The van der Waals surface area contributed by atoms with E-state index in [1.807, 2.05) is 0 Å². The predicted octanol–water partition coefficient (Wildman–Crippen LogP) is 0.190. The molecule has 7 heteroatoms. The molecule has 1 aliphatic heterocycles. The van der Waals surface area contributed by atoms with Gasteiger partial charge in [-0.05, 0) is 0 Å². The number of aliphatic imine (C=N–C) groups is 1. The molecule has 0 unspecified atom stereocenters. The zero-order valence-electron chi connectivity index (χ0n) is 8.08. The number of carboxylic acids is 1. The quantitative estimate of drug-likeness (QED) is 0.711. The Balaban J connectivity index is 2.42. The van der Waals surface area contributed by atoms with Crippen LogP contribution in [0, 0.1) is 0 Å². The molecule has 2 N–H and O–H groups in total. The number of rotatable bonds is 1. The summed E-state index contributed by atoms with van der Waals surface area (Å²) in [5.74, 6) is -0.663. The van der Waals surface area contributed by atoms with Gasteiger partial charge in [-0.3, -0.25) is 4.40 Å². The summed E-state index contributed by atoms with van der Waals surface area (Å²) in [6.07, 6.45) is 4.55. The van der Waals surface area contributed by atoms with Crippen LogP contribution in [-0.4, -0.2) is 31.8 Å². The van der Waals surface area contributed by atoms with Gasteiger partial charge in [-0.1, -0.05) is 0 Å². The van der Waals surface area contributed by atoms with Gasteiger partial charge in [-0.15, -0.1) is 0 Å². The van der Waals surface area contributed by atoms with Gasteiger partial charge in [0.1, 0.15) is 0 Å². The van der Waals surface area contributed by atoms with Gasteiger partial charge in [0.15, 0.2) is 11.5 Å². The molecule has 0 fully saturated rings. The number of hydrogen-bond acceptors (Lipinski definition) is 5. The Morgan fingerprint density at radius 2 is 2.44 bits per heavy atom. The van der Waals surface area contributed by atoms with Gasteiger partial charge < -0.3 is 10.4 Å². The van der Waals surface area contributed by atoms with Crippen LogP contribution >= 0.6 is 0 Å². The first-order chi connectivity index (χ1) is 7.77. The van der Waals surface area contributed by atoms with Crippen molar-refractivity contribution in [3.63, 3.8) is 0 Å². The van der Waals surface area contributed by atoms with E-state index in [0.717, 1.165) is 5.69 Å². The van der Waals surface area contributed by atoms with E-state index in [-0.39, 0.29) is 5.69 Å². The first kappa shape index (κ1) is 8.84. The highest BCUT2D eigenvalue weighted by Gasteiger charge is 2.19. The maximum Gasteiger partial charge on any atom is 0.356 e. The highest BCUT2D eigenvalue weighted by atomic mass is 16.4. The summed E-state index contributed by atoms with van der Waals surface area (Å²) in [6, 6.07) is 0.